The molecule has 3 saturated heterocycles. The van der Waals surface area contributed by atoms with E-state index in [1.54, 1.807) is 11.3 Å². The Morgan fingerprint density at radius 1 is 1.06 bits per heavy atom. The van der Waals surface area contributed by atoms with E-state index in [1.807, 2.05) is 36.4 Å². The van der Waals surface area contributed by atoms with E-state index in [-0.39, 0.29) is 24.3 Å². The second-order valence-corrected chi connectivity index (χ2v) is 11.2. The maximum Gasteiger partial charge on any atom is 0.235 e. The van der Waals surface area contributed by atoms with Crippen molar-refractivity contribution in [2.24, 2.45) is 0 Å². The number of aromatic nitrogens is 1. The molecule has 0 radical (unpaired) electrons. The van der Waals surface area contributed by atoms with Crippen LogP contribution in [0.3, 0.4) is 0 Å². The summed E-state index contributed by atoms with van der Waals surface area (Å²) in [5, 5.41) is 15.9. The van der Waals surface area contributed by atoms with Gasteiger partial charge in [-0.05, 0) is 43.7 Å². The molecule has 36 heavy (non-hydrogen) atoms. The van der Waals surface area contributed by atoms with Crippen molar-refractivity contribution < 1.29 is 4.79 Å². The number of rotatable bonds is 5. The molecule has 4 N–H and O–H groups in total. The number of carbonyl (C=O) groups excluding carboxylic acids is 1. The van der Waals surface area contributed by atoms with Crippen LogP contribution in [0.2, 0.25) is 5.02 Å². The van der Waals surface area contributed by atoms with Crippen LogP contribution in [-0.2, 0) is 4.79 Å². The standard InChI is InChI=1S/C26H32ClN7OS/c27-18-7-1-3-9-20(18)33-12-14-34(15-13-33)26-31-23(29-17-6-5-11-28-16-17)22(24(35)32-26)25-30-19-8-2-4-10-21(19)36-25/h1-4,7-10,17,22-23,26,28-29,31H,5-6,11-16H2,(H,32,35)/t17-,22?,23?,26?/m1/s1. The topological polar surface area (TPSA) is 84.6 Å². The summed E-state index contributed by atoms with van der Waals surface area (Å²) in [5.41, 5.74) is 2.01. The molecule has 2 aromatic carbocycles. The van der Waals surface area contributed by atoms with Crippen molar-refractivity contribution in [3.05, 3.63) is 58.6 Å². The monoisotopic (exact) mass is 525 g/mol. The van der Waals surface area contributed by atoms with Crippen molar-refractivity contribution in [3.8, 4) is 0 Å². The van der Waals surface area contributed by atoms with Crippen LogP contribution >= 0.6 is 22.9 Å². The van der Waals surface area contributed by atoms with Gasteiger partial charge in [0.15, 0.2) is 0 Å². The maximum absolute atomic E-state index is 13.6. The first-order valence-corrected chi connectivity index (χ1v) is 14.0. The van der Waals surface area contributed by atoms with Gasteiger partial charge >= 0.3 is 0 Å². The zero-order valence-corrected chi connectivity index (χ0v) is 21.7. The van der Waals surface area contributed by atoms with E-state index in [0.29, 0.717) is 6.04 Å². The molecular weight excluding hydrogens is 494 g/mol. The Morgan fingerprint density at radius 2 is 1.86 bits per heavy atom. The van der Waals surface area contributed by atoms with Gasteiger partial charge in [-0.15, -0.1) is 11.3 Å². The predicted octanol–water partition coefficient (Wildman–Crippen LogP) is 2.53. The molecule has 190 valence electrons. The van der Waals surface area contributed by atoms with Crippen molar-refractivity contribution in [2.45, 2.75) is 37.3 Å². The Hall–Kier alpha value is -2.27. The van der Waals surface area contributed by atoms with Crippen LogP contribution in [0.1, 0.15) is 23.8 Å². The Bertz CT molecular complexity index is 1170. The van der Waals surface area contributed by atoms with Gasteiger partial charge in [-0.1, -0.05) is 35.9 Å². The van der Waals surface area contributed by atoms with Crippen LogP contribution in [0.25, 0.3) is 10.2 Å². The summed E-state index contributed by atoms with van der Waals surface area (Å²) < 4.78 is 1.11. The highest BCUT2D eigenvalue weighted by molar-refractivity contribution is 7.18. The first-order chi connectivity index (χ1) is 17.7. The molecule has 0 saturated carbocycles. The number of piperazine rings is 1. The SMILES string of the molecule is O=C1NC(N2CCN(c3ccccc3Cl)CC2)NC(N[C@@H]2CCCNC2)C1c1nc2ccccc2s1. The van der Waals surface area contributed by atoms with Crippen molar-refractivity contribution in [1.82, 2.24) is 31.2 Å². The minimum Gasteiger partial charge on any atom is -0.368 e. The van der Waals surface area contributed by atoms with Crippen LogP contribution < -0.4 is 26.2 Å². The molecule has 0 aliphatic carbocycles. The Kier molecular flexibility index (Phi) is 7.10. The molecule has 3 unspecified atom stereocenters. The number of carbonyl (C=O) groups is 1. The molecule has 1 amide bonds. The third-order valence-corrected chi connectivity index (χ3v) is 8.83. The lowest BCUT2D eigenvalue weighted by Crippen LogP contribution is -2.72. The third-order valence-electron chi connectivity index (χ3n) is 7.39. The lowest BCUT2D eigenvalue weighted by atomic mass is 10.00. The Balaban J connectivity index is 1.19. The van der Waals surface area contributed by atoms with E-state index in [0.717, 1.165) is 78.0 Å². The summed E-state index contributed by atoms with van der Waals surface area (Å²) in [6, 6.07) is 16.4. The number of nitrogens with one attached hydrogen (secondary N) is 4. The minimum absolute atomic E-state index is 0.0209. The highest BCUT2D eigenvalue weighted by Gasteiger charge is 2.42. The van der Waals surface area contributed by atoms with Gasteiger partial charge in [-0.25, -0.2) is 4.98 Å². The van der Waals surface area contributed by atoms with E-state index in [2.05, 4.69) is 43.2 Å². The number of nitrogens with zero attached hydrogens (tertiary/aromatic N) is 3. The van der Waals surface area contributed by atoms with Crippen LogP contribution in [0.5, 0.6) is 0 Å². The first-order valence-electron chi connectivity index (χ1n) is 12.8. The van der Waals surface area contributed by atoms with Gasteiger partial charge in [-0.2, -0.15) is 0 Å². The smallest absolute Gasteiger partial charge is 0.235 e. The fourth-order valence-electron chi connectivity index (χ4n) is 5.48. The summed E-state index contributed by atoms with van der Waals surface area (Å²) in [6.45, 7) is 5.32. The lowest BCUT2D eigenvalue weighted by molar-refractivity contribution is -0.129. The third kappa shape index (κ3) is 4.96. The molecule has 0 bridgehead atoms. The van der Waals surface area contributed by atoms with Crippen molar-refractivity contribution in [2.75, 3.05) is 44.2 Å². The molecule has 10 heteroatoms. The number of thiazole rings is 1. The zero-order chi connectivity index (χ0) is 24.5. The van der Waals surface area contributed by atoms with Gasteiger partial charge in [0.05, 0.1) is 27.1 Å². The van der Waals surface area contributed by atoms with Crippen LogP contribution in [0.4, 0.5) is 5.69 Å². The number of anilines is 1. The molecule has 4 heterocycles. The highest BCUT2D eigenvalue weighted by atomic mass is 35.5. The van der Waals surface area contributed by atoms with E-state index in [9.17, 15) is 4.79 Å². The Labute approximate surface area is 220 Å². The summed E-state index contributed by atoms with van der Waals surface area (Å²) in [4.78, 5) is 23.1. The molecule has 1 aromatic heterocycles. The van der Waals surface area contributed by atoms with E-state index in [1.165, 1.54) is 0 Å². The summed E-state index contributed by atoms with van der Waals surface area (Å²) in [6.07, 6.45) is 1.80. The number of hydrogen-bond donors (Lipinski definition) is 4. The van der Waals surface area contributed by atoms with Gasteiger partial charge in [-0.3, -0.25) is 20.3 Å². The minimum atomic E-state index is -0.384. The van der Waals surface area contributed by atoms with Crippen molar-refractivity contribution in [3.63, 3.8) is 0 Å². The largest absolute Gasteiger partial charge is 0.368 e. The normalized spacial score (nSPS) is 27.8. The van der Waals surface area contributed by atoms with Crippen LogP contribution in [0.15, 0.2) is 48.5 Å². The zero-order valence-electron chi connectivity index (χ0n) is 20.1. The quantitative estimate of drug-likeness (QED) is 0.407. The molecule has 8 nitrogen and oxygen atoms in total. The van der Waals surface area contributed by atoms with E-state index < -0.39 is 0 Å². The molecule has 4 atom stereocenters. The van der Waals surface area contributed by atoms with Gasteiger partial charge in [0.2, 0.25) is 5.91 Å². The van der Waals surface area contributed by atoms with Crippen LogP contribution in [0, 0.1) is 0 Å². The van der Waals surface area contributed by atoms with Gasteiger partial charge in [0.1, 0.15) is 17.2 Å². The molecule has 3 aromatic rings. The summed E-state index contributed by atoms with van der Waals surface area (Å²) in [5.74, 6) is -0.363. The average molecular weight is 526 g/mol. The van der Waals surface area contributed by atoms with E-state index >= 15 is 0 Å². The lowest BCUT2D eigenvalue weighted by Gasteiger charge is -2.46. The summed E-state index contributed by atoms with van der Waals surface area (Å²) >= 11 is 8.04. The number of halogens is 1. The van der Waals surface area contributed by atoms with Crippen molar-refractivity contribution >= 4 is 44.7 Å². The molecule has 3 aliphatic heterocycles. The first kappa shape index (κ1) is 24.1. The Morgan fingerprint density at radius 3 is 2.64 bits per heavy atom. The molecule has 3 fully saturated rings. The number of amides is 1. The van der Waals surface area contributed by atoms with Crippen LogP contribution in [-0.4, -0.2) is 73.6 Å². The summed E-state index contributed by atoms with van der Waals surface area (Å²) in [7, 11) is 0. The molecule has 6 rings (SSSR count). The average Bonchev–Trinajstić information content (AvgIpc) is 3.33. The molecular formula is C26H32ClN7OS. The number of fused-ring (bicyclic) bond motifs is 1. The fraction of sp³-hybridized carbons (Fsp3) is 0.462. The highest BCUT2D eigenvalue weighted by Crippen LogP contribution is 2.32. The number of para-hydroxylation sites is 2. The molecule has 3 aliphatic rings. The second kappa shape index (κ2) is 10.6. The maximum atomic E-state index is 13.6. The van der Waals surface area contributed by atoms with Gasteiger partial charge in [0.25, 0.3) is 0 Å². The van der Waals surface area contributed by atoms with Gasteiger partial charge in [0, 0.05) is 38.8 Å². The number of piperidine rings is 1. The van der Waals surface area contributed by atoms with E-state index in [4.69, 9.17) is 16.6 Å². The van der Waals surface area contributed by atoms with Gasteiger partial charge < -0.3 is 15.5 Å². The fourth-order valence-corrected chi connectivity index (χ4v) is 6.84. The number of benzene rings is 2. The second-order valence-electron chi connectivity index (χ2n) is 9.74. The number of hydrogen-bond acceptors (Lipinski definition) is 8. The molecule has 0 spiro atoms. The van der Waals surface area contributed by atoms with Crippen molar-refractivity contribution in [1.29, 1.82) is 0 Å². The predicted molar refractivity (Wildman–Crippen MR) is 145 cm³/mol.